The van der Waals surface area contributed by atoms with Crippen LogP contribution in [0.3, 0.4) is 0 Å². The van der Waals surface area contributed by atoms with Crippen LogP contribution in [0.25, 0.3) is 0 Å². The van der Waals surface area contributed by atoms with Gasteiger partial charge in [0.25, 0.3) is 10.0 Å². The minimum atomic E-state index is -3.81. The highest BCUT2D eigenvalue weighted by Crippen LogP contribution is 2.26. The smallest absolute Gasteiger partial charge is 0.266 e. The van der Waals surface area contributed by atoms with Crippen molar-refractivity contribution in [3.05, 3.63) is 53.8 Å². The van der Waals surface area contributed by atoms with Crippen molar-refractivity contribution in [2.75, 3.05) is 17.1 Å². The van der Waals surface area contributed by atoms with Crippen molar-refractivity contribution in [2.24, 2.45) is 0 Å². The Hall–Kier alpha value is -2.08. The SMILES string of the molecule is Cc1ccc(S(=O)(=O)N(C)c2cccc(F)c2)c(N)c1. The Balaban J connectivity index is 2.49. The molecule has 0 aromatic heterocycles. The van der Waals surface area contributed by atoms with E-state index in [-0.39, 0.29) is 16.3 Å². The van der Waals surface area contributed by atoms with Crippen LogP contribution < -0.4 is 10.0 Å². The van der Waals surface area contributed by atoms with Crippen LogP contribution in [0.4, 0.5) is 15.8 Å². The Labute approximate surface area is 117 Å². The first-order valence-electron chi connectivity index (χ1n) is 5.93. The number of hydrogen-bond acceptors (Lipinski definition) is 3. The number of nitrogen functional groups attached to an aromatic ring is 1. The van der Waals surface area contributed by atoms with E-state index in [1.807, 2.05) is 6.92 Å². The van der Waals surface area contributed by atoms with Crippen molar-refractivity contribution in [3.8, 4) is 0 Å². The number of nitrogens with zero attached hydrogens (tertiary/aromatic N) is 1. The summed E-state index contributed by atoms with van der Waals surface area (Å²) in [6.07, 6.45) is 0. The van der Waals surface area contributed by atoms with E-state index in [1.54, 1.807) is 12.1 Å². The van der Waals surface area contributed by atoms with E-state index in [0.29, 0.717) is 0 Å². The number of anilines is 2. The number of sulfonamides is 1. The van der Waals surface area contributed by atoms with E-state index in [9.17, 15) is 12.8 Å². The maximum Gasteiger partial charge on any atom is 0.266 e. The second kappa shape index (κ2) is 5.13. The fourth-order valence-electron chi connectivity index (χ4n) is 1.86. The molecule has 0 aliphatic carbocycles. The first-order valence-corrected chi connectivity index (χ1v) is 7.37. The van der Waals surface area contributed by atoms with Crippen LogP contribution in [0.1, 0.15) is 5.56 Å². The van der Waals surface area contributed by atoms with Gasteiger partial charge in [0.05, 0.1) is 11.4 Å². The van der Waals surface area contributed by atoms with Gasteiger partial charge in [0.15, 0.2) is 0 Å². The maximum atomic E-state index is 13.2. The summed E-state index contributed by atoms with van der Waals surface area (Å²) in [6, 6.07) is 10.1. The molecule has 0 spiro atoms. The third kappa shape index (κ3) is 2.60. The lowest BCUT2D eigenvalue weighted by Crippen LogP contribution is -2.27. The Morgan fingerprint density at radius 1 is 1.15 bits per heavy atom. The van der Waals surface area contributed by atoms with Gasteiger partial charge in [-0.25, -0.2) is 12.8 Å². The van der Waals surface area contributed by atoms with Crippen molar-refractivity contribution in [3.63, 3.8) is 0 Å². The Morgan fingerprint density at radius 2 is 1.85 bits per heavy atom. The molecular formula is C14H15FN2O2S. The second-order valence-electron chi connectivity index (χ2n) is 4.49. The number of hydrogen-bond donors (Lipinski definition) is 1. The summed E-state index contributed by atoms with van der Waals surface area (Å²) in [7, 11) is -2.45. The van der Waals surface area contributed by atoms with Crippen LogP contribution in [0.2, 0.25) is 0 Å². The molecule has 2 aromatic carbocycles. The summed E-state index contributed by atoms with van der Waals surface area (Å²) in [4.78, 5) is 0.00913. The molecular weight excluding hydrogens is 279 g/mol. The zero-order valence-electron chi connectivity index (χ0n) is 11.2. The van der Waals surface area contributed by atoms with Gasteiger partial charge in [-0.2, -0.15) is 0 Å². The van der Waals surface area contributed by atoms with Crippen molar-refractivity contribution in [1.29, 1.82) is 0 Å². The number of aryl methyl sites for hydroxylation is 1. The van der Waals surface area contributed by atoms with E-state index < -0.39 is 15.8 Å². The zero-order valence-corrected chi connectivity index (χ0v) is 12.0. The van der Waals surface area contributed by atoms with Gasteiger partial charge < -0.3 is 5.73 Å². The van der Waals surface area contributed by atoms with E-state index in [2.05, 4.69) is 0 Å². The topological polar surface area (TPSA) is 63.4 Å². The average molecular weight is 294 g/mol. The molecule has 0 saturated heterocycles. The van der Waals surface area contributed by atoms with Crippen molar-refractivity contribution in [2.45, 2.75) is 11.8 Å². The maximum absolute atomic E-state index is 13.2. The molecule has 20 heavy (non-hydrogen) atoms. The standard InChI is InChI=1S/C14H15FN2O2S/c1-10-6-7-14(13(16)8-10)20(18,19)17(2)12-5-3-4-11(15)9-12/h3-9H,16H2,1-2H3. The zero-order chi connectivity index (χ0) is 14.9. The highest BCUT2D eigenvalue weighted by atomic mass is 32.2. The lowest BCUT2D eigenvalue weighted by atomic mass is 10.2. The average Bonchev–Trinajstić information content (AvgIpc) is 2.37. The van der Waals surface area contributed by atoms with E-state index in [4.69, 9.17) is 5.73 Å². The van der Waals surface area contributed by atoms with Gasteiger partial charge in [-0.3, -0.25) is 4.31 Å². The van der Waals surface area contributed by atoms with E-state index >= 15 is 0 Å². The first-order chi connectivity index (χ1) is 9.32. The van der Waals surface area contributed by atoms with Gasteiger partial charge >= 0.3 is 0 Å². The predicted octanol–water partition coefficient (Wildman–Crippen LogP) is 2.54. The highest BCUT2D eigenvalue weighted by molar-refractivity contribution is 7.93. The van der Waals surface area contributed by atoms with Crippen LogP contribution in [0, 0.1) is 12.7 Å². The minimum Gasteiger partial charge on any atom is -0.398 e. The molecule has 2 aromatic rings. The highest BCUT2D eigenvalue weighted by Gasteiger charge is 2.23. The molecule has 6 heteroatoms. The molecule has 0 atom stereocenters. The molecule has 0 aliphatic heterocycles. The Morgan fingerprint density at radius 3 is 2.45 bits per heavy atom. The first kappa shape index (κ1) is 14.3. The molecule has 2 rings (SSSR count). The molecule has 0 radical (unpaired) electrons. The van der Waals surface area contributed by atoms with Crippen molar-refractivity contribution < 1.29 is 12.8 Å². The van der Waals surface area contributed by atoms with Gasteiger partial charge in [-0.1, -0.05) is 12.1 Å². The number of benzene rings is 2. The van der Waals surface area contributed by atoms with Gasteiger partial charge in [-0.15, -0.1) is 0 Å². The van der Waals surface area contributed by atoms with E-state index in [1.165, 1.54) is 31.3 Å². The van der Waals surface area contributed by atoms with Crippen LogP contribution in [0.15, 0.2) is 47.4 Å². The second-order valence-corrected chi connectivity index (χ2v) is 6.43. The van der Waals surface area contributed by atoms with Gasteiger partial charge in [0, 0.05) is 7.05 Å². The van der Waals surface area contributed by atoms with Crippen molar-refractivity contribution >= 4 is 21.4 Å². The molecule has 4 nitrogen and oxygen atoms in total. The van der Waals surface area contributed by atoms with E-state index in [0.717, 1.165) is 15.9 Å². The summed E-state index contributed by atoms with van der Waals surface area (Å²) in [6.45, 7) is 1.82. The fourth-order valence-corrected chi connectivity index (χ4v) is 3.14. The van der Waals surface area contributed by atoms with Gasteiger partial charge in [-0.05, 0) is 42.8 Å². The largest absolute Gasteiger partial charge is 0.398 e. The summed E-state index contributed by atoms with van der Waals surface area (Å²) >= 11 is 0. The lowest BCUT2D eigenvalue weighted by Gasteiger charge is -2.20. The summed E-state index contributed by atoms with van der Waals surface area (Å²) < 4.78 is 39.2. The molecule has 2 N–H and O–H groups in total. The lowest BCUT2D eigenvalue weighted by molar-refractivity contribution is 0.594. The number of rotatable bonds is 3. The summed E-state index contributed by atoms with van der Waals surface area (Å²) in [5.74, 6) is -0.499. The van der Waals surface area contributed by atoms with Crippen LogP contribution in [-0.2, 0) is 10.0 Å². The molecule has 106 valence electrons. The fraction of sp³-hybridized carbons (Fsp3) is 0.143. The monoisotopic (exact) mass is 294 g/mol. The molecule has 0 saturated carbocycles. The van der Waals surface area contributed by atoms with Crippen LogP contribution in [0.5, 0.6) is 0 Å². The Kier molecular flexibility index (Phi) is 3.67. The molecule has 0 unspecified atom stereocenters. The third-order valence-corrected chi connectivity index (χ3v) is 4.84. The quantitative estimate of drug-likeness (QED) is 0.885. The molecule has 0 aliphatic rings. The van der Waals surface area contributed by atoms with Gasteiger partial charge in [0.2, 0.25) is 0 Å². The summed E-state index contributed by atoms with van der Waals surface area (Å²) in [5, 5.41) is 0. The van der Waals surface area contributed by atoms with Crippen LogP contribution in [-0.4, -0.2) is 15.5 Å². The van der Waals surface area contributed by atoms with Crippen LogP contribution >= 0.6 is 0 Å². The minimum absolute atomic E-state index is 0.00913. The summed E-state index contributed by atoms with van der Waals surface area (Å²) in [5.41, 5.74) is 7.06. The number of nitrogens with two attached hydrogens (primary N) is 1. The number of halogens is 1. The van der Waals surface area contributed by atoms with Crippen molar-refractivity contribution in [1.82, 2.24) is 0 Å². The molecule has 0 heterocycles. The predicted molar refractivity (Wildman–Crippen MR) is 77.6 cm³/mol. The molecule has 0 fully saturated rings. The molecule has 0 amide bonds. The Bertz CT molecular complexity index is 745. The normalized spacial score (nSPS) is 11.3. The third-order valence-electron chi connectivity index (χ3n) is 2.98. The molecule has 0 bridgehead atoms. The van der Waals surface area contributed by atoms with Gasteiger partial charge in [0.1, 0.15) is 10.7 Å².